The Morgan fingerprint density at radius 3 is 1.11 bits per heavy atom. The largest absolute Gasteiger partial charge is 0.394 e. The van der Waals surface area contributed by atoms with Crippen molar-refractivity contribution >= 4 is 10.4 Å². The van der Waals surface area contributed by atoms with E-state index in [9.17, 15) is 0 Å². The summed E-state index contributed by atoms with van der Waals surface area (Å²) in [5.41, 5.74) is 10.1. The van der Waals surface area contributed by atoms with Crippen LogP contribution in [-0.4, -0.2) is 76.5 Å². The molecule has 2 atom stereocenters. The van der Waals surface area contributed by atoms with Crippen LogP contribution in [0.25, 0.3) is 0 Å². The van der Waals surface area contributed by atoms with Gasteiger partial charge in [0.25, 0.3) is 0 Å². The predicted molar refractivity (Wildman–Crippen MR) is 67.7 cm³/mol. The fourth-order valence-corrected chi connectivity index (χ4v) is 0.567. The van der Waals surface area contributed by atoms with Gasteiger partial charge in [-0.15, -0.1) is 0 Å². The van der Waals surface area contributed by atoms with Crippen LogP contribution in [0, 0.1) is 0 Å². The molecule has 0 radical (unpaired) electrons. The maximum Gasteiger partial charge on any atom is 0.394 e. The Labute approximate surface area is 112 Å². The van der Waals surface area contributed by atoms with Gasteiger partial charge in [-0.3, -0.25) is 9.11 Å². The molecule has 0 aromatic carbocycles. The summed E-state index contributed by atoms with van der Waals surface area (Å²) in [6, 6.07) is 0. The minimum Gasteiger partial charge on any atom is -0.394 e. The normalized spacial score (nSPS) is 13.5. The van der Waals surface area contributed by atoms with E-state index in [1.54, 1.807) is 0 Å². The van der Waals surface area contributed by atoms with Gasteiger partial charge >= 0.3 is 10.4 Å². The van der Waals surface area contributed by atoms with Gasteiger partial charge in [0.15, 0.2) is 0 Å². The van der Waals surface area contributed by atoms with Crippen molar-refractivity contribution in [2.45, 2.75) is 25.0 Å². The summed E-state index contributed by atoms with van der Waals surface area (Å²) in [4.78, 5) is 0. The van der Waals surface area contributed by atoms with Crippen LogP contribution in [0.15, 0.2) is 0 Å². The van der Waals surface area contributed by atoms with E-state index in [0.29, 0.717) is 25.9 Å². The van der Waals surface area contributed by atoms with Crippen molar-refractivity contribution in [3.63, 3.8) is 0 Å². The van der Waals surface area contributed by atoms with Crippen molar-refractivity contribution in [1.82, 2.24) is 0 Å². The molecule has 0 saturated heterocycles. The highest BCUT2D eigenvalue weighted by molar-refractivity contribution is 7.79. The zero-order valence-corrected chi connectivity index (χ0v) is 11.3. The van der Waals surface area contributed by atoms with Crippen molar-refractivity contribution < 1.29 is 37.9 Å². The molecule has 0 unspecified atom stereocenters. The lowest BCUT2D eigenvalue weighted by Gasteiger charge is -2.01. The number of rotatable bonds is 6. The van der Waals surface area contributed by atoms with Crippen LogP contribution in [0.5, 0.6) is 0 Å². The second-order valence-electron chi connectivity index (χ2n) is 3.28. The second-order valence-corrected chi connectivity index (χ2v) is 4.17. The third-order valence-electron chi connectivity index (χ3n) is 1.42. The van der Waals surface area contributed by atoms with Crippen LogP contribution in [0.1, 0.15) is 12.8 Å². The highest BCUT2D eigenvalue weighted by Crippen LogP contribution is 1.84. The molecule has 120 valence electrons. The molecule has 0 heterocycles. The minimum absolute atomic E-state index is 0.183. The molecule has 19 heavy (non-hydrogen) atoms. The lowest BCUT2D eigenvalue weighted by molar-refractivity contribution is 0.0902. The molecule has 11 heteroatoms. The summed E-state index contributed by atoms with van der Waals surface area (Å²) in [5.74, 6) is 0. The molecule has 0 spiro atoms. The highest BCUT2D eigenvalue weighted by atomic mass is 32.3. The van der Waals surface area contributed by atoms with E-state index in [2.05, 4.69) is 0 Å². The van der Waals surface area contributed by atoms with E-state index >= 15 is 0 Å². The molecular formula is C8H24N2O8S. The topological polar surface area (TPSA) is 208 Å². The van der Waals surface area contributed by atoms with Crippen molar-refractivity contribution in [3.05, 3.63) is 0 Å². The molecular weight excluding hydrogens is 284 g/mol. The van der Waals surface area contributed by atoms with Gasteiger partial charge < -0.3 is 31.9 Å². The first kappa shape index (κ1) is 23.7. The highest BCUT2D eigenvalue weighted by Gasteiger charge is 1.96. The second kappa shape index (κ2) is 15.7. The van der Waals surface area contributed by atoms with Crippen LogP contribution in [0.4, 0.5) is 0 Å². The number of nitrogens with two attached hydrogens (primary N) is 2. The van der Waals surface area contributed by atoms with Crippen molar-refractivity contribution in [3.8, 4) is 0 Å². The van der Waals surface area contributed by atoms with Crippen molar-refractivity contribution in [2.24, 2.45) is 11.5 Å². The Bertz CT molecular complexity index is 241. The molecule has 0 bridgehead atoms. The Morgan fingerprint density at radius 1 is 0.842 bits per heavy atom. The Kier molecular flexibility index (Phi) is 19.6. The van der Waals surface area contributed by atoms with Crippen LogP contribution < -0.4 is 11.5 Å². The van der Waals surface area contributed by atoms with E-state index in [0.717, 1.165) is 0 Å². The fraction of sp³-hybridized carbons (Fsp3) is 1.00. The number of aliphatic hydroxyl groups is 4. The Balaban J connectivity index is -0.000000206. The summed E-state index contributed by atoms with van der Waals surface area (Å²) in [6.45, 7) is 0.498. The molecule has 0 fully saturated rings. The number of hydrogen-bond donors (Lipinski definition) is 8. The summed E-state index contributed by atoms with van der Waals surface area (Å²) in [5, 5.41) is 33.4. The standard InChI is InChI=1S/2C4H11NO2.H2O4S/c2*5-2-1-4(7)3-6;1-5(2,3)4/h2*4,6-7H,1-3,5H2;(H2,1,2,3,4)/t2*4-;/m00./s1. The van der Waals surface area contributed by atoms with Crippen LogP contribution >= 0.6 is 0 Å². The molecule has 0 aliphatic carbocycles. The monoisotopic (exact) mass is 308 g/mol. The smallest absolute Gasteiger partial charge is 0.394 e. The van der Waals surface area contributed by atoms with Crippen LogP contribution in [0.3, 0.4) is 0 Å². The first-order chi connectivity index (χ1) is 8.62. The summed E-state index contributed by atoms with van der Waals surface area (Å²) >= 11 is 0. The zero-order valence-electron chi connectivity index (χ0n) is 10.5. The fourth-order valence-electron chi connectivity index (χ4n) is 0.567. The molecule has 0 aliphatic heterocycles. The van der Waals surface area contributed by atoms with E-state index in [1.807, 2.05) is 0 Å². The van der Waals surface area contributed by atoms with Crippen LogP contribution in [-0.2, 0) is 10.4 Å². The van der Waals surface area contributed by atoms with Crippen molar-refractivity contribution in [2.75, 3.05) is 26.3 Å². The van der Waals surface area contributed by atoms with Gasteiger partial charge in [0.2, 0.25) is 0 Å². The summed E-state index contributed by atoms with van der Waals surface area (Å²) in [6.07, 6.45) is -0.275. The Morgan fingerprint density at radius 2 is 1.05 bits per heavy atom. The van der Waals surface area contributed by atoms with E-state index in [-0.39, 0.29) is 13.2 Å². The first-order valence-corrected chi connectivity index (χ1v) is 6.69. The average Bonchev–Trinajstić information content (AvgIpc) is 2.28. The maximum atomic E-state index is 8.74. The van der Waals surface area contributed by atoms with Gasteiger partial charge in [-0.2, -0.15) is 8.42 Å². The van der Waals surface area contributed by atoms with E-state index in [4.69, 9.17) is 49.4 Å². The quantitative estimate of drug-likeness (QED) is 0.229. The average molecular weight is 308 g/mol. The van der Waals surface area contributed by atoms with E-state index < -0.39 is 22.6 Å². The SMILES string of the molecule is NCC[C@H](O)CO.NCC[C@H](O)CO.O=S(=O)(O)O. The maximum absolute atomic E-state index is 8.74. The molecule has 10 nitrogen and oxygen atoms in total. The van der Waals surface area contributed by atoms with Gasteiger partial charge in [-0.1, -0.05) is 0 Å². The summed E-state index contributed by atoms with van der Waals surface area (Å²) in [7, 11) is -4.67. The van der Waals surface area contributed by atoms with E-state index in [1.165, 1.54) is 0 Å². The van der Waals surface area contributed by atoms with Crippen molar-refractivity contribution in [1.29, 1.82) is 0 Å². The zero-order chi connectivity index (χ0) is 15.9. The molecule has 0 saturated carbocycles. The van der Waals surface area contributed by atoms with Gasteiger partial charge in [-0.25, -0.2) is 0 Å². The third kappa shape index (κ3) is 46.4. The van der Waals surface area contributed by atoms with Gasteiger partial charge in [0.05, 0.1) is 25.4 Å². The van der Waals surface area contributed by atoms with Gasteiger partial charge in [0, 0.05) is 0 Å². The lowest BCUT2D eigenvalue weighted by atomic mass is 10.3. The van der Waals surface area contributed by atoms with Gasteiger partial charge in [-0.05, 0) is 25.9 Å². The first-order valence-electron chi connectivity index (χ1n) is 5.30. The number of hydrogen-bond acceptors (Lipinski definition) is 8. The van der Waals surface area contributed by atoms with Gasteiger partial charge in [0.1, 0.15) is 0 Å². The Hall–Kier alpha value is -0.370. The molecule has 10 N–H and O–H groups in total. The third-order valence-corrected chi connectivity index (χ3v) is 1.42. The molecule has 0 aromatic rings. The van der Waals surface area contributed by atoms with Crippen LogP contribution in [0.2, 0.25) is 0 Å². The molecule has 0 aliphatic rings. The minimum atomic E-state index is -4.67. The number of aliphatic hydroxyl groups excluding tert-OH is 4. The molecule has 0 rings (SSSR count). The lowest BCUT2D eigenvalue weighted by Crippen LogP contribution is -2.16. The summed E-state index contributed by atoms with van der Waals surface area (Å²) < 4.78 is 31.6. The molecule has 0 aromatic heterocycles. The molecule has 0 amide bonds. The predicted octanol–water partition coefficient (Wildman–Crippen LogP) is -3.28.